The van der Waals surface area contributed by atoms with Gasteiger partial charge in [-0.25, -0.2) is 13.6 Å². The summed E-state index contributed by atoms with van der Waals surface area (Å²) in [5, 5.41) is 0.644. The molecule has 2 saturated heterocycles. The van der Waals surface area contributed by atoms with Crippen LogP contribution in [-0.2, 0) is 4.79 Å². The average molecular weight is 589 g/mol. The van der Waals surface area contributed by atoms with Crippen LogP contribution in [0.3, 0.4) is 0 Å². The van der Waals surface area contributed by atoms with Gasteiger partial charge in [-0.3, -0.25) is 9.69 Å². The van der Waals surface area contributed by atoms with Gasteiger partial charge in [0, 0.05) is 68.4 Å². The number of urea groups is 1. The molecular formula is C32H43ClF2N4O2. The zero-order chi connectivity index (χ0) is 29.9. The predicted octanol–water partition coefficient (Wildman–Crippen LogP) is 6.56. The Balaban J connectivity index is 1.60. The van der Waals surface area contributed by atoms with E-state index in [0.29, 0.717) is 69.2 Å². The van der Waals surface area contributed by atoms with Gasteiger partial charge in [-0.2, -0.15) is 0 Å². The highest BCUT2D eigenvalue weighted by atomic mass is 35.5. The lowest BCUT2D eigenvalue weighted by Gasteiger charge is -2.40. The lowest BCUT2D eigenvalue weighted by molar-refractivity contribution is -0.136. The minimum Gasteiger partial charge on any atom is -0.341 e. The van der Waals surface area contributed by atoms with Crippen molar-refractivity contribution in [3.05, 3.63) is 70.2 Å². The van der Waals surface area contributed by atoms with Crippen LogP contribution in [0.15, 0.2) is 42.5 Å². The first kappa shape index (κ1) is 31.2. The Labute approximate surface area is 248 Å². The van der Waals surface area contributed by atoms with Gasteiger partial charge >= 0.3 is 6.03 Å². The number of hydrogen-bond acceptors (Lipinski definition) is 3. The highest BCUT2D eigenvalue weighted by molar-refractivity contribution is 6.30. The Bertz CT molecular complexity index is 1220. The first-order valence-electron chi connectivity index (χ1n) is 14.7. The van der Waals surface area contributed by atoms with Crippen molar-refractivity contribution in [1.29, 1.82) is 0 Å². The molecule has 0 saturated carbocycles. The second-order valence-electron chi connectivity index (χ2n) is 12.1. The van der Waals surface area contributed by atoms with E-state index in [0.717, 1.165) is 11.6 Å². The highest BCUT2D eigenvalue weighted by Crippen LogP contribution is 2.39. The molecule has 0 aromatic heterocycles. The Morgan fingerprint density at radius 3 is 2.27 bits per heavy atom. The minimum atomic E-state index is -0.628. The summed E-state index contributed by atoms with van der Waals surface area (Å²) in [5.41, 5.74) is 1.20. The average Bonchev–Trinajstić information content (AvgIpc) is 3.36. The molecule has 4 rings (SSSR count). The summed E-state index contributed by atoms with van der Waals surface area (Å²) in [6, 6.07) is 11.1. The van der Waals surface area contributed by atoms with Gasteiger partial charge in [-0.1, -0.05) is 29.8 Å². The van der Waals surface area contributed by atoms with Gasteiger partial charge in [0.2, 0.25) is 5.91 Å². The topological polar surface area (TPSA) is 47.1 Å². The fourth-order valence-corrected chi connectivity index (χ4v) is 6.36. The molecule has 3 atom stereocenters. The summed E-state index contributed by atoms with van der Waals surface area (Å²) in [7, 11) is 0. The number of halogens is 3. The molecule has 0 radical (unpaired) electrons. The predicted molar refractivity (Wildman–Crippen MR) is 159 cm³/mol. The van der Waals surface area contributed by atoms with Crippen LogP contribution in [0.5, 0.6) is 0 Å². The number of nitrogens with zero attached hydrogens (tertiary/aromatic N) is 4. The van der Waals surface area contributed by atoms with Gasteiger partial charge in [0.05, 0.1) is 12.0 Å². The highest BCUT2D eigenvalue weighted by Gasteiger charge is 2.44. The monoisotopic (exact) mass is 588 g/mol. The smallest absolute Gasteiger partial charge is 0.320 e. The molecular weight excluding hydrogens is 546 g/mol. The fourth-order valence-electron chi connectivity index (χ4n) is 6.24. The number of hydrogen-bond donors (Lipinski definition) is 0. The molecule has 0 spiro atoms. The minimum absolute atomic E-state index is 0.0364. The molecule has 3 amide bonds. The van der Waals surface area contributed by atoms with Gasteiger partial charge in [-0.05, 0) is 76.8 Å². The molecule has 2 aromatic rings. The Hall–Kier alpha value is -2.71. The number of carbonyl (C=O) groups excluding carboxylic acids is 2. The molecule has 224 valence electrons. The molecule has 0 bridgehead atoms. The standard InChI is InChI=1S/C32H43ClF2N4O2/c1-6-36(7-2)31(41)39-18-17-37(16-8-9-29(39)22-10-12-23(33)13-11-22)30(40)27-21-38(32(3,4)5)20-26(27)25-15-14-24(34)19-28(25)35/h10-15,19,26-27,29H,6-9,16-18,20-21H2,1-5H3. The van der Waals surface area contributed by atoms with Gasteiger partial charge < -0.3 is 14.7 Å². The second-order valence-corrected chi connectivity index (χ2v) is 12.6. The van der Waals surface area contributed by atoms with Crippen molar-refractivity contribution in [2.45, 2.75) is 65.0 Å². The molecule has 2 fully saturated rings. The van der Waals surface area contributed by atoms with E-state index in [1.54, 1.807) is 0 Å². The molecule has 6 nitrogen and oxygen atoms in total. The maximum absolute atomic E-state index is 15.0. The number of carbonyl (C=O) groups is 2. The molecule has 2 heterocycles. The van der Waals surface area contributed by atoms with E-state index in [1.807, 2.05) is 52.8 Å². The first-order chi connectivity index (χ1) is 19.4. The third-order valence-corrected chi connectivity index (χ3v) is 8.94. The zero-order valence-electron chi connectivity index (χ0n) is 24.9. The van der Waals surface area contributed by atoms with Crippen molar-refractivity contribution in [2.24, 2.45) is 5.92 Å². The van der Waals surface area contributed by atoms with Crippen molar-refractivity contribution in [1.82, 2.24) is 19.6 Å². The van der Waals surface area contributed by atoms with Crippen LogP contribution in [0.25, 0.3) is 0 Å². The lowest BCUT2D eigenvalue weighted by atomic mass is 9.87. The van der Waals surface area contributed by atoms with Crippen LogP contribution in [0.1, 0.15) is 70.5 Å². The number of likely N-dealkylation sites (tertiary alicyclic amines) is 1. The van der Waals surface area contributed by atoms with E-state index in [9.17, 15) is 18.4 Å². The van der Waals surface area contributed by atoms with Crippen LogP contribution >= 0.6 is 11.6 Å². The normalized spacial score (nSPS) is 22.4. The third-order valence-electron chi connectivity index (χ3n) is 8.69. The summed E-state index contributed by atoms with van der Waals surface area (Å²) in [4.78, 5) is 35.7. The van der Waals surface area contributed by atoms with Crippen molar-refractivity contribution < 1.29 is 18.4 Å². The largest absolute Gasteiger partial charge is 0.341 e. The van der Waals surface area contributed by atoms with E-state index in [4.69, 9.17) is 11.6 Å². The van der Waals surface area contributed by atoms with Crippen molar-refractivity contribution in [2.75, 3.05) is 45.8 Å². The summed E-state index contributed by atoms with van der Waals surface area (Å²) >= 11 is 6.15. The third kappa shape index (κ3) is 7.03. The molecule has 0 aliphatic carbocycles. The Morgan fingerprint density at radius 1 is 0.976 bits per heavy atom. The van der Waals surface area contributed by atoms with E-state index in [-0.39, 0.29) is 29.4 Å². The maximum atomic E-state index is 15.0. The summed E-state index contributed by atoms with van der Waals surface area (Å²) in [6.07, 6.45) is 1.42. The summed E-state index contributed by atoms with van der Waals surface area (Å²) in [5.74, 6) is -2.13. The van der Waals surface area contributed by atoms with Gasteiger partial charge in [0.25, 0.3) is 0 Å². The van der Waals surface area contributed by atoms with Crippen molar-refractivity contribution >= 4 is 23.5 Å². The van der Waals surface area contributed by atoms with Crippen LogP contribution in [-0.4, -0.2) is 82.9 Å². The van der Waals surface area contributed by atoms with Gasteiger partial charge in [0.1, 0.15) is 11.6 Å². The number of amides is 3. The van der Waals surface area contributed by atoms with Crippen molar-refractivity contribution in [3.8, 4) is 0 Å². The molecule has 0 N–H and O–H groups in total. The Morgan fingerprint density at radius 2 is 1.66 bits per heavy atom. The lowest BCUT2D eigenvalue weighted by Crippen LogP contribution is -2.51. The van der Waals surface area contributed by atoms with Crippen LogP contribution < -0.4 is 0 Å². The molecule has 2 aromatic carbocycles. The second kappa shape index (κ2) is 13.1. The molecule has 3 unspecified atom stereocenters. The van der Waals surface area contributed by atoms with Gasteiger partial charge in [0.15, 0.2) is 0 Å². The van der Waals surface area contributed by atoms with E-state index >= 15 is 0 Å². The van der Waals surface area contributed by atoms with Crippen LogP contribution in [0, 0.1) is 17.6 Å². The molecule has 2 aliphatic rings. The van der Waals surface area contributed by atoms with E-state index in [2.05, 4.69) is 25.7 Å². The molecule has 41 heavy (non-hydrogen) atoms. The number of benzene rings is 2. The van der Waals surface area contributed by atoms with Crippen LogP contribution in [0.4, 0.5) is 13.6 Å². The molecule has 9 heteroatoms. The number of rotatable bonds is 5. The molecule has 2 aliphatic heterocycles. The van der Waals surface area contributed by atoms with Crippen LogP contribution in [0.2, 0.25) is 5.02 Å². The quantitative estimate of drug-likeness (QED) is 0.397. The first-order valence-corrected chi connectivity index (χ1v) is 15.1. The Kier molecular flexibility index (Phi) is 9.96. The van der Waals surface area contributed by atoms with E-state index < -0.39 is 17.6 Å². The maximum Gasteiger partial charge on any atom is 0.320 e. The fraction of sp³-hybridized carbons (Fsp3) is 0.562. The summed E-state index contributed by atoms with van der Waals surface area (Å²) in [6.45, 7) is 13.7. The van der Waals surface area contributed by atoms with Crippen molar-refractivity contribution in [3.63, 3.8) is 0 Å². The SMILES string of the molecule is CCN(CC)C(=O)N1CCN(C(=O)C2CN(C(C)(C)C)CC2c2ccc(F)cc2F)CCCC1c1ccc(Cl)cc1. The van der Waals surface area contributed by atoms with Gasteiger partial charge in [-0.15, -0.1) is 0 Å². The van der Waals surface area contributed by atoms with E-state index in [1.165, 1.54) is 12.1 Å². The zero-order valence-corrected chi connectivity index (χ0v) is 25.6. The summed E-state index contributed by atoms with van der Waals surface area (Å²) < 4.78 is 28.7.